The average molecular weight is 345 g/mol. The monoisotopic (exact) mass is 343 g/mol. The van der Waals surface area contributed by atoms with Gasteiger partial charge in [0.15, 0.2) is 0 Å². The summed E-state index contributed by atoms with van der Waals surface area (Å²) in [4.78, 5) is 0. The Kier molecular flexibility index (Phi) is 6.19. The summed E-state index contributed by atoms with van der Waals surface area (Å²) in [7, 11) is 1.89. The quantitative estimate of drug-likeness (QED) is 0.808. The maximum Gasteiger partial charge on any atom is 0.120 e. The van der Waals surface area contributed by atoms with Gasteiger partial charge in [-0.25, -0.2) is 0 Å². The highest BCUT2D eigenvalue weighted by molar-refractivity contribution is 6.33. The molecule has 2 nitrogen and oxygen atoms in total. The van der Waals surface area contributed by atoms with Crippen molar-refractivity contribution in [2.75, 3.05) is 13.7 Å². The second kappa shape index (κ2) is 7.90. The van der Waals surface area contributed by atoms with Crippen molar-refractivity contribution < 1.29 is 4.74 Å². The molecule has 1 atom stereocenters. The van der Waals surface area contributed by atoms with Crippen molar-refractivity contribution in [3.05, 3.63) is 63.1 Å². The summed E-state index contributed by atoms with van der Waals surface area (Å²) in [6, 6.07) is 12.9. The van der Waals surface area contributed by atoms with E-state index in [2.05, 4.69) is 5.32 Å². The molecule has 2 aromatic rings. The third-order valence-electron chi connectivity index (χ3n) is 3.13. The highest BCUT2D eigenvalue weighted by atomic mass is 35.5. The van der Waals surface area contributed by atoms with Crippen molar-refractivity contribution >= 4 is 34.8 Å². The van der Waals surface area contributed by atoms with Crippen molar-refractivity contribution in [2.24, 2.45) is 0 Å². The summed E-state index contributed by atoms with van der Waals surface area (Å²) in [5, 5.41) is 5.27. The maximum atomic E-state index is 6.19. The fourth-order valence-corrected chi connectivity index (χ4v) is 2.53. The fourth-order valence-electron chi connectivity index (χ4n) is 1.96. The molecule has 2 aromatic carbocycles. The summed E-state index contributed by atoms with van der Waals surface area (Å²) in [6.07, 6.45) is 0.733. The van der Waals surface area contributed by atoms with E-state index >= 15 is 0 Å². The Morgan fingerprint density at radius 1 is 1.05 bits per heavy atom. The zero-order chi connectivity index (χ0) is 15.2. The third kappa shape index (κ3) is 5.08. The van der Waals surface area contributed by atoms with Crippen LogP contribution in [0.5, 0.6) is 5.75 Å². The van der Waals surface area contributed by atoms with Crippen molar-refractivity contribution in [1.82, 2.24) is 5.32 Å². The van der Waals surface area contributed by atoms with Gasteiger partial charge in [-0.1, -0.05) is 40.9 Å². The standard InChI is InChI=1S/C16H16Cl3NO/c1-20-14(8-11-7-13(18)5-6-16(11)19)10-21-15-4-2-3-12(17)9-15/h2-7,9,14,20H,8,10H2,1H3. The Morgan fingerprint density at radius 2 is 1.81 bits per heavy atom. The average Bonchev–Trinajstić information content (AvgIpc) is 2.47. The van der Waals surface area contributed by atoms with E-state index in [1.54, 1.807) is 12.1 Å². The smallest absolute Gasteiger partial charge is 0.120 e. The van der Waals surface area contributed by atoms with Gasteiger partial charge in [0.05, 0.1) is 0 Å². The summed E-state index contributed by atoms with van der Waals surface area (Å²) in [6.45, 7) is 0.514. The lowest BCUT2D eigenvalue weighted by molar-refractivity contribution is 0.270. The minimum absolute atomic E-state index is 0.125. The Hall–Kier alpha value is -0.930. The summed E-state index contributed by atoms with van der Waals surface area (Å²) in [5.74, 6) is 0.750. The zero-order valence-corrected chi connectivity index (χ0v) is 13.8. The molecule has 0 amide bonds. The first kappa shape index (κ1) is 16.4. The van der Waals surface area contributed by atoms with Crippen LogP contribution < -0.4 is 10.1 Å². The van der Waals surface area contributed by atoms with Crippen LogP contribution in [-0.2, 0) is 6.42 Å². The van der Waals surface area contributed by atoms with Gasteiger partial charge >= 0.3 is 0 Å². The molecular formula is C16H16Cl3NO. The van der Waals surface area contributed by atoms with E-state index in [-0.39, 0.29) is 6.04 Å². The summed E-state index contributed by atoms with van der Waals surface area (Å²) >= 11 is 18.1. The van der Waals surface area contributed by atoms with E-state index in [0.717, 1.165) is 17.7 Å². The number of rotatable bonds is 6. The van der Waals surface area contributed by atoms with Gasteiger partial charge in [0.1, 0.15) is 12.4 Å². The van der Waals surface area contributed by atoms with E-state index < -0.39 is 0 Å². The van der Waals surface area contributed by atoms with Crippen LogP contribution in [0.1, 0.15) is 5.56 Å². The van der Waals surface area contributed by atoms with Crippen molar-refractivity contribution in [1.29, 1.82) is 0 Å². The molecule has 0 spiro atoms. The molecule has 0 heterocycles. The van der Waals surface area contributed by atoms with Gasteiger partial charge in [-0.05, 0) is 55.4 Å². The predicted molar refractivity (Wildman–Crippen MR) is 90.0 cm³/mol. The molecule has 5 heteroatoms. The van der Waals surface area contributed by atoms with Crippen molar-refractivity contribution in [2.45, 2.75) is 12.5 Å². The third-order valence-corrected chi connectivity index (χ3v) is 3.97. The van der Waals surface area contributed by atoms with E-state index in [4.69, 9.17) is 39.5 Å². The van der Waals surface area contributed by atoms with Crippen LogP contribution >= 0.6 is 34.8 Å². The van der Waals surface area contributed by atoms with Gasteiger partial charge in [0.2, 0.25) is 0 Å². The Morgan fingerprint density at radius 3 is 2.52 bits per heavy atom. The number of likely N-dealkylation sites (N-methyl/N-ethyl adjacent to an activating group) is 1. The van der Waals surface area contributed by atoms with Crippen LogP contribution in [0.25, 0.3) is 0 Å². The van der Waals surface area contributed by atoms with Gasteiger partial charge in [-0.15, -0.1) is 0 Å². The molecule has 0 fully saturated rings. The Bertz CT molecular complexity index is 604. The topological polar surface area (TPSA) is 21.3 Å². The normalized spacial score (nSPS) is 12.2. The number of halogens is 3. The van der Waals surface area contributed by atoms with Crippen LogP contribution in [0.15, 0.2) is 42.5 Å². The molecule has 0 aliphatic carbocycles. The van der Waals surface area contributed by atoms with Gasteiger partial charge in [0, 0.05) is 21.1 Å². The van der Waals surface area contributed by atoms with Gasteiger partial charge < -0.3 is 10.1 Å². The van der Waals surface area contributed by atoms with Gasteiger partial charge in [-0.2, -0.15) is 0 Å². The van der Waals surface area contributed by atoms with Crippen LogP contribution in [0, 0.1) is 0 Å². The van der Waals surface area contributed by atoms with Crippen molar-refractivity contribution in [3.63, 3.8) is 0 Å². The van der Waals surface area contributed by atoms with Crippen LogP contribution in [0.3, 0.4) is 0 Å². The lowest BCUT2D eigenvalue weighted by Crippen LogP contribution is -2.33. The number of ether oxygens (including phenoxy) is 1. The lowest BCUT2D eigenvalue weighted by atomic mass is 10.1. The first-order chi connectivity index (χ1) is 10.1. The van der Waals surface area contributed by atoms with Crippen LogP contribution in [0.4, 0.5) is 0 Å². The Labute approximate surface area is 140 Å². The molecule has 21 heavy (non-hydrogen) atoms. The first-order valence-electron chi connectivity index (χ1n) is 6.58. The van der Waals surface area contributed by atoms with Crippen LogP contribution in [-0.4, -0.2) is 19.7 Å². The molecule has 0 saturated heterocycles. The molecule has 0 radical (unpaired) electrons. The molecule has 0 bridgehead atoms. The molecule has 1 unspecified atom stereocenters. The lowest BCUT2D eigenvalue weighted by Gasteiger charge is -2.18. The summed E-state index contributed by atoms with van der Waals surface area (Å²) < 4.78 is 5.76. The van der Waals surface area contributed by atoms with E-state index in [9.17, 15) is 0 Å². The maximum absolute atomic E-state index is 6.19. The SMILES string of the molecule is CNC(COc1cccc(Cl)c1)Cc1cc(Cl)ccc1Cl. The van der Waals surface area contributed by atoms with Gasteiger partial charge in [0.25, 0.3) is 0 Å². The van der Waals surface area contributed by atoms with E-state index in [1.165, 1.54) is 0 Å². The fraction of sp³-hybridized carbons (Fsp3) is 0.250. The van der Waals surface area contributed by atoms with Crippen molar-refractivity contribution in [3.8, 4) is 5.75 Å². The number of benzene rings is 2. The predicted octanol–water partition coefficient (Wildman–Crippen LogP) is 4.86. The Balaban J connectivity index is 1.98. The minimum atomic E-state index is 0.125. The van der Waals surface area contributed by atoms with Crippen LogP contribution in [0.2, 0.25) is 15.1 Å². The molecule has 0 saturated carbocycles. The van der Waals surface area contributed by atoms with Gasteiger partial charge in [-0.3, -0.25) is 0 Å². The molecular weight excluding hydrogens is 329 g/mol. The highest BCUT2D eigenvalue weighted by Gasteiger charge is 2.11. The number of nitrogens with one attached hydrogen (secondary N) is 1. The second-order valence-corrected chi connectivity index (χ2v) is 5.97. The molecule has 1 N–H and O–H groups in total. The van der Waals surface area contributed by atoms with E-state index in [0.29, 0.717) is 21.7 Å². The molecule has 2 rings (SSSR count). The molecule has 112 valence electrons. The minimum Gasteiger partial charge on any atom is -0.492 e. The largest absolute Gasteiger partial charge is 0.492 e. The highest BCUT2D eigenvalue weighted by Crippen LogP contribution is 2.22. The number of hydrogen-bond donors (Lipinski definition) is 1. The second-order valence-electron chi connectivity index (χ2n) is 4.69. The first-order valence-corrected chi connectivity index (χ1v) is 7.71. The zero-order valence-electron chi connectivity index (χ0n) is 11.6. The molecule has 0 aliphatic rings. The molecule has 0 aromatic heterocycles. The summed E-state index contributed by atoms with van der Waals surface area (Å²) in [5.41, 5.74) is 0.998. The molecule has 0 aliphatic heterocycles. The number of hydrogen-bond acceptors (Lipinski definition) is 2. The van der Waals surface area contributed by atoms with E-state index in [1.807, 2.05) is 37.4 Å².